The third-order valence-electron chi connectivity index (χ3n) is 3.48. The summed E-state index contributed by atoms with van der Waals surface area (Å²) in [4.78, 5) is 10.6. The summed E-state index contributed by atoms with van der Waals surface area (Å²) in [5, 5.41) is -0.242. The second-order valence-electron chi connectivity index (χ2n) is 5.26. The lowest BCUT2D eigenvalue weighted by molar-refractivity contribution is -0.111. The standard InChI is InChI=1S/C19H21ClO2/c20-19(21)13-6-1-2-7-14-22-18-12-8-11-17(15-18)16-9-4-3-5-10-16/h3-5,8-12,15H,1-2,6-7,13-14H2. The molecule has 116 valence electrons. The Morgan fingerprint density at radius 2 is 1.59 bits per heavy atom. The molecule has 0 atom stereocenters. The smallest absolute Gasteiger partial charge is 0.221 e. The summed E-state index contributed by atoms with van der Waals surface area (Å²) in [6.07, 6.45) is 4.41. The van der Waals surface area contributed by atoms with Gasteiger partial charge in [0.25, 0.3) is 0 Å². The summed E-state index contributed by atoms with van der Waals surface area (Å²) >= 11 is 5.30. The Balaban J connectivity index is 1.74. The highest BCUT2D eigenvalue weighted by molar-refractivity contribution is 6.63. The molecule has 2 nitrogen and oxygen atoms in total. The van der Waals surface area contributed by atoms with E-state index in [1.165, 1.54) is 11.1 Å². The summed E-state index contributed by atoms with van der Waals surface area (Å²) in [5.41, 5.74) is 2.36. The van der Waals surface area contributed by atoms with E-state index >= 15 is 0 Å². The van der Waals surface area contributed by atoms with Gasteiger partial charge < -0.3 is 4.74 Å². The van der Waals surface area contributed by atoms with Crippen LogP contribution in [0.3, 0.4) is 0 Å². The summed E-state index contributed by atoms with van der Waals surface area (Å²) in [6, 6.07) is 18.4. The van der Waals surface area contributed by atoms with E-state index in [0.717, 1.165) is 31.4 Å². The highest BCUT2D eigenvalue weighted by Gasteiger charge is 2.00. The van der Waals surface area contributed by atoms with Crippen LogP contribution in [0, 0.1) is 0 Å². The van der Waals surface area contributed by atoms with Gasteiger partial charge in [0.15, 0.2) is 0 Å². The van der Waals surface area contributed by atoms with Crippen molar-refractivity contribution >= 4 is 16.8 Å². The van der Waals surface area contributed by atoms with Gasteiger partial charge in [0.2, 0.25) is 5.24 Å². The van der Waals surface area contributed by atoms with Gasteiger partial charge in [0.05, 0.1) is 6.61 Å². The number of benzene rings is 2. The number of ether oxygens (including phenoxy) is 1. The number of hydrogen-bond acceptors (Lipinski definition) is 2. The first-order valence-electron chi connectivity index (χ1n) is 7.72. The molecule has 2 aromatic rings. The molecule has 0 bridgehead atoms. The minimum Gasteiger partial charge on any atom is -0.494 e. The highest BCUT2D eigenvalue weighted by atomic mass is 35.5. The van der Waals surface area contributed by atoms with Crippen molar-refractivity contribution in [2.24, 2.45) is 0 Å². The van der Waals surface area contributed by atoms with Crippen LogP contribution < -0.4 is 4.74 Å². The first-order valence-corrected chi connectivity index (χ1v) is 8.10. The number of rotatable bonds is 9. The van der Waals surface area contributed by atoms with Crippen LogP contribution >= 0.6 is 11.6 Å². The third kappa shape index (κ3) is 5.90. The maximum Gasteiger partial charge on any atom is 0.221 e. The number of carbonyl (C=O) groups is 1. The number of unbranched alkanes of at least 4 members (excludes halogenated alkanes) is 3. The van der Waals surface area contributed by atoms with Gasteiger partial charge in [-0.25, -0.2) is 0 Å². The molecule has 0 saturated heterocycles. The van der Waals surface area contributed by atoms with Gasteiger partial charge in [-0.1, -0.05) is 55.3 Å². The molecule has 0 radical (unpaired) electrons. The van der Waals surface area contributed by atoms with E-state index in [0.29, 0.717) is 13.0 Å². The van der Waals surface area contributed by atoms with Gasteiger partial charge in [-0.3, -0.25) is 4.79 Å². The van der Waals surface area contributed by atoms with Crippen molar-refractivity contribution in [1.29, 1.82) is 0 Å². The summed E-state index contributed by atoms with van der Waals surface area (Å²) in [5.74, 6) is 0.900. The number of halogens is 1. The average molecular weight is 317 g/mol. The lowest BCUT2D eigenvalue weighted by atomic mass is 10.1. The topological polar surface area (TPSA) is 26.3 Å². The molecule has 0 amide bonds. The quantitative estimate of drug-likeness (QED) is 0.454. The van der Waals surface area contributed by atoms with Crippen LogP contribution in [0.1, 0.15) is 32.1 Å². The molecule has 0 aromatic heterocycles. The zero-order valence-electron chi connectivity index (χ0n) is 12.6. The van der Waals surface area contributed by atoms with Crippen molar-refractivity contribution in [2.75, 3.05) is 6.61 Å². The van der Waals surface area contributed by atoms with Gasteiger partial charge >= 0.3 is 0 Å². The Morgan fingerprint density at radius 1 is 0.864 bits per heavy atom. The maximum absolute atomic E-state index is 10.6. The van der Waals surface area contributed by atoms with Crippen molar-refractivity contribution < 1.29 is 9.53 Å². The van der Waals surface area contributed by atoms with Gasteiger partial charge in [-0.15, -0.1) is 0 Å². The minimum absolute atomic E-state index is 0.242. The zero-order chi connectivity index (χ0) is 15.6. The SMILES string of the molecule is O=C(Cl)CCCCCCOc1cccc(-c2ccccc2)c1. The van der Waals surface area contributed by atoms with Crippen molar-refractivity contribution in [3.05, 3.63) is 54.6 Å². The Hall–Kier alpha value is -1.80. The largest absolute Gasteiger partial charge is 0.494 e. The van der Waals surface area contributed by atoms with Gasteiger partial charge in [-0.05, 0) is 47.7 Å². The molecule has 22 heavy (non-hydrogen) atoms. The van der Waals surface area contributed by atoms with E-state index in [2.05, 4.69) is 24.3 Å². The van der Waals surface area contributed by atoms with Crippen LogP contribution in [0.25, 0.3) is 11.1 Å². The lowest BCUT2D eigenvalue weighted by Crippen LogP contribution is -1.97. The van der Waals surface area contributed by atoms with E-state index < -0.39 is 0 Å². The molecule has 0 aliphatic rings. The molecule has 0 spiro atoms. The van der Waals surface area contributed by atoms with Crippen LogP contribution in [0.15, 0.2) is 54.6 Å². The Morgan fingerprint density at radius 3 is 2.36 bits per heavy atom. The molecule has 0 aliphatic carbocycles. The Bertz CT molecular complexity index is 581. The van der Waals surface area contributed by atoms with Crippen molar-refractivity contribution in [3.63, 3.8) is 0 Å². The van der Waals surface area contributed by atoms with Gasteiger partial charge in [0.1, 0.15) is 5.75 Å². The second-order valence-corrected chi connectivity index (χ2v) is 5.68. The third-order valence-corrected chi connectivity index (χ3v) is 3.67. The molecule has 0 N–H and O–H groups in total. The first-order chi connectivity index (χ1) is 10.8. The predicted molar refractivity (Wildman–Crippen MR) is 91.3 cm³/mol. The van der Waals surface area contributed by atoms with Crippen molar-refractivity contribution in [3.8, 4) is 16.9 Å². The van der Waals surface area contributed by atoms with Crippen LogP contribution in [0.2, 0.25) is 0 Å². The van der Waals surface area contributed by atoms with Crippen LogP contribution in [0.4, 0.5) is 0 Å². The van der Waals surface area contributed by atoms with E-state index in [4.69, 9.17) is 16.3 Å². The van der Waals surface area contributed by atoms with Crippen molar-refractivity contribution in [2.45, 2.75) is 32.1 Å². The minimum atomic E-state index is -0.242. The Labute approximate surface area is 137 Å². The number of carbonyl (C=O) groups excluding carboxylic acids is 1. The van der Waals surface area contributed by atoms with Crippen LogP contribution in [0.5, 0.6) is 5.75 Å². The van der Waals surface area contributed by atoms with E-state index in [1.807, 2.05) is 30.3 Å². The maximum atomic E-state index is 10.6. The molecule has 0 heterocycles. The van der Waals surface area contributed by atoms with Crippen molar-refractivity contribution in [1.82, 2.24) is 0 Å². The second kappa shape index (κ2) is 9.26. The fourth-order valence-corrected chi connectivity index (χ4v) is 2.44. The molecule has 0 unspecified atom stereocenters. The highest BCUT2D eigenvalue weighted by Crippen LogP contribution is 2.23. The molecule has 2 rings (SSSR count). The Kier molecular flexibility index (Phi) is 6.98. The molecule has 0 aliphatic heterocycles. The summed E-state index contributed by atoms with van der Waals surface area (Å²) < 4.78 is 5.80. The van der Waals surface area contributed by atoms with Gasteiger partial charge in [0, 0.05) is 6.42 Å². The summed E-state index contributed by atoms with van der Waals surface area (Å²) in [7, 11) is 0. The van der Waals surface area contributed by atoms with E-state index in [-0.39, 0.29) is 5.24 Å². The summed E-state index contributed by atoms with van der Waals surface area (Å²) in [6.45, 7) is 0.701. The van der Waals surface area contributed by atoms with Crippen LogP contribution in [-0.4, -0.2) is 11.8 Å². The number of hydrogen-bond donors (Lipinski definition) is 0. The monoisotopic (exact) mass is 316 g/mol. The lowest BCUT2D eigenvalue weighted by Gasteiger charge is -2.08. The normalized spacial score (nSPS) is 10.4. The van der Waals surface area contributed by atoms with E-state index in [9.17, 15) is 4.79 Å². The fraction of sp³-hybridized carbons (Fsp3) is 0.316. The van der Waals surface area contributed by atoms with Gasteiger partial charge in [-0.2, -0.15) is 0 Å². The average Bonchev–Trinajstić information content (AvgIpc) is 2.55. The predicted octanol–water partition coefficient (Wildman–Crippen LogP) is 5.45. The molecular formula is C19H21ClO2. The molecule has 0 fully saturated rings. The zero-order valence-corrected chi connectivity index (χ0v) is 13.4. The molecule has 3 heteroatoms. The first kappa shape index (κ1) is 16.6. The molecule has 2 aromatic carbocycles. The van der Waals surface area contributed by atoms with Crippen LogP contribution in [-0.2, 0) is 4.79 Å². The molecular weight excluding hydrogens is 296 g/mol. The fourth-order valence-electron chi connectivity index (χ4n) is 2.31. The van der Waals surface area contributed by atoms with E-state index in [1.54, 1.807) is 0 Å². The molecule has 0 saturated carbocycles.